The Hall–Kier alpha value is -1.54. The minimum Gasteiger partial charge on any atom is -0.462 e. The van der Waals surface area contributed by atoms with Crippen molar-refractivity contribution in [2.75, 3.05) is 12.4 Å². The highest BCUT2D eigenvalue weighted by atomic mass is 32.2. The molecular weight excluding hydrogens is 405 g/mol. The zero-order chi connectivity index (χ0) is 21.9. The van der Waals surface area contributed by atoms with Crippen molar-refractivity contribution in [2.45, 2.75) is 76.0 Å². The molecule has 0 aromatic heterocycles. The van der Waals surface area contributed by atoms with Crippen LogP contribution in [-0.4, -0.2) is 35.3 Å². The van der Waals surface area contributed by atoms with Crippen LogP contribution < -0.4 is 0 Å². The second kappa shape index (κ2) is 12.9. The van der Waals surface area contributed by atoms with Gasteiger partial charge in [0, 0.05) is 17.1 Å². The lowest BCUT2D eigenvalue weighted by atomic mass is 10.0. The molecule has 1 rings (SSSR count). The fraction of sp³-hybridized carbons (Fsp3) is 0.619. The lowest BCUT2D eigenvalue weighted by Crippen LogP contribution is -2.20. The molecule has 0 aliphatic rings. The van der Waals surface area contributed by atoms with Crippen LogP contribution in [0.2, 0.25) is 0 Å². The van der Waals surface area contributed by atoms with Crippen molar-refractivity contribution >= 4 is 23.5 Å². The molecule has 0 radical (unpaired) electrons. The van der Waals surface area contributed by atoms with Crippen LogP contribution >= 0.6 is 11.8 Å². The number of rotatable bonds is 13. The highest BCUT2D eigenvalue weighted by molar-refractivity contribution is 7.99. The van der Waals surface area contributed by atoms with Gasteiger partial charge in [-0.25, -0.2) is 4.79 Å². The molecule has 1 atom stereocenters. The van der Waals surface area contributed by atoms with Gasteiger partial charge in [0.05, 0.1) is 17.7 Å². The molecule has 1 aromatic rings. The first-order valence-corrected chi connectivity index (χ1v) is 10.9. The quantitative estimate of drug-likeness (QED) is 0.247. The maximum Gasteiger partial charge on any atom is 0.416 e. The SMILES string of the molecule is CCCCCCCC(O)C(=O)CCSc1cc(C(=O)OCC)cc(C(F)(F)F)c1. The Kier molecular flexibility index (Phi) is 11.3. The van der Waals surface area contributed by atoms with Crippen molar-refractivity contribution in [3.63, 3.8) is 0 Å². The van der Waals surface area contributed by atoms with E-state index in [0.29, 0.717) is 6.42 Å². The molecule has 0 heterocycles. The van der Waals surface area contributed by atoms with E-state index in [9.17, 15) is 27.9 Å². The van der Waals surface area contributed by atoms with Crippen molar-refractivity contribution in [1.82, 2.24) is 0 Å². The highest BCUT2D eigenvalue weighted by Crippen LogP contribution is 2.33. The summed E-state index contributed by atoms with van der Waals surface area (Å²) in [6, 6.07) is 3.03. The normalized spacial score (nSPS) is 12.6. The number of thioether (sulfide) groups is 1. The number of carbonyl (C=O) groups is 2. The summed E-state index contributed by atoms with van der Waals surface area (Å²) < 4.78 is 44.1. The van der Waals surface area contributed by atoms with E-state index in [0.717, 1.165) is 56.0 Å². The first kappa shape index (κ1) is 25.5. The molecule has 0 aliphatic carbocycles. The van der Waals surface area contributed by atoms with E-state index >= 15 is 0 Å². The highest BCUT2D eigenvalue weighted by Gasteiger charge is 2.32. The molecule has 1 unspecified atom stereocenters. The number of esters is 1. The second-order valence-electron chi connectivity index (χ2n) is 6.75. The predicted octanol–water partition coefficient (Wildman–Crippen LogP) is 5.65. The Morgan fingerprint density at radius 1 is 1.10 bits per heavy atom. The number of benzene rings is 1. The number of unbranched alkanes of at least 4 members (excludes halogenated alkanes) is 4. The molecule has 0 saturated carbocycles. The van der Waals surface area contributed by atoms with Crippen molar-refractivity contribution in [3.8, 4) is 0 Å². The van der Waals surface area contributed by atoms with Gasteiger partial charge in [0.25, 0.3) is 0 Å². The molecule has 0 spiro atoms. The zero-order valence-corrected chi connectivity index (χ0v) is 17.7. The first-order chi connectivity index (χ1) is 13.7. The number of ketones is 1. The summed E-state index contributed by atoms with van der Waals surface area (Å²) in [6.07, 6.45) is -0.112. The molecule has 0 bridgehead atoms. The van der Waals surface area contributed by atoms with E-state index in [2.05, 4.69) is 6.92 Å². The van der Waals surface area contributed by atoms with E-state index in [1.807, 2.05) is 0 Å². The molecule has 0 amide bonds. The van der Waals surface area contributed by atoms with Crippen LogP contribution in [-0.2, 0) is 15.7 Å². The third kappa shape index (κ3) is 9.67. The number of hydrogen-bond donors (Lipinski definition) is 1. The molecule has 8 heteroatoms. The topological polar surface area (TPSA) is 63.6 Å². The minimum absolute atomic E-state index is 0.0474. The molecule has 0 aliphatic heterocycles. The van der Waals surface area contributed by atoms with Crippen LogP contribution in [0, 0.1) is 0 Å². The van der Waals surface area contributed by atoms with Crippen LogP contribution in [0.15, 0.2) is 23.1 Å². The van der Waals surface area contributed by atoms with Gasteiger partial charge in [0.2, 0.25) is 0 Å². The van der Waals surface area contributed by atoms with Crippen molar-refractivity contribution in [2.24, 2.45) is 0 Å². The monoisotopic (exact) mass is 434 g/mol. The fourth-order valence-electron chi connectivity index (χ4n) is 2.72. The van der Waals surface area contributed by atoms with Gasteiger partial charge >= 0.3 is 12.1 Å². The lowest BCUT2D eigenvalue weighted by molar-refractivity contribution is -0.137. The lowest BCUT2D eigenvalue weighted by Gasteiger charge is -2.12. The zero-order valence-electron chi connectivity index (χ0n) is 16.9. The average Bonchev–Trinajstić information content (AvgIpc) is 2.66. The number of alkyl halides is 3. The van der Waals surface area contributed by atoms with Crippen LogP contribution in [0.3, 0.4) is 0 Å². The molecule has 1 N–H and O–H groups in total. The summed E-state index contributed by atoms with van der Waals surface area (Å²) in [4.78, 5) is 24.1. The maximum atomic E-state index is 13.1. The molecular formula is C21H29F3O4S. The number of ether oxygens (including phenoxy) is 1. The Balaban J connectivity index is 2.62. The van der Waals surface area contributed by atoms with Gasteiger partial charge in [-0.2, -0.15) is 13.2 Å². The third-order valence-electron chi connectivity index (χ3n) is 4.31. The predicted molar refractivity (Wildman–Crippen MR) is 107 cm³/mol. The summed E-state index contributed by atoms with van der Waals surface area (Å²) in [7, 11) is 0. The largest absolute Gasteiger partial charge is 0.462 e. The second-order valence-corrected chi connectivity index (χ2v) is 7.92. The maximum absolute atomic E-state index is 13.1. The van der Waals surface area contributed by atoms with Gasteiger partial charge in [-0.1, -0.05) is 39.0 Å². The molecule has 0 fully saturated rings. The van der Waals surface area contributed by atoms with Crippen LogP contribution in [0.25, 0.3) is 0 Å². The fourth-order valence-corrected chi connectivity index (χ4v) is 3.68. The summed E-state index contributed by atoms with van der Waals surface area (Å²) >= 11 is 1.04. The van der Waals surface area contributed by atoms with Crippen molar-refractivity contribution in [1.29, 1.82) is 0 Å². The van der Waals surface area contributed by atoms with Gasteiger partial charge in [-0.3, -0.25) is 4.79 Å². The van der Waals surface area contributed by atoms with E-state index < -0.39 is 23.8 Å². The molecule has 4 nitrogen and oxygen atoms in total. The number of halogens is 3. The van der Waals surface area contributed by atoms with Crippen molar-refractivity contribution in [3.05, 3.63) is 29.3 Å². The number of Topliss-reactive ketones (excluding diaryl/α,β-unsaturated/α-hetero) is 1. The molecule has 0 saturated heterocycles. The van der Waals surface area contributed by atoms with Crippen LogP contribution in [0.4, 0.5) is 13.2 Å². The number of hydrogen-bond acceptors (Lipinski definition) is 5. The Morgan fingerprint density at radius 3 is 2.41 bits per heavy atom. The van der Waals surface area contributed by atoms with Gasteiger partial charge < -0.3 is 9.84 Å². The van der Waals surface area contributed by atoms with Crippen LogP contribution in [0.5, 0.6) is 0 Å². The van der Waals surface area contributed by atoms with Gasteiger partial charge in [0.1, 0.15) is 6.10 Å². The summed E-state index contributed by atoms with van der Waals surface area (Å²) in [6.45, 7) is 3.74. The third-order valence-corrected chi connectivity index (χ3v) is 5.29. The molecule has 29 heavy (non-hydrogen) atoms. The van der Waals surface area contributed by atoms with Gasteiger partial charge in [-0.05, 0) is 31.5 Å². The Labute approximate surface area is 174 Å². The van der Waals surface area contributed by atoms with Crippen LogP contribution in [0.1, 0.15) is 74.7 Å². The van der Waals surface area contributed by atoms with Crippen molar-refractivity contribution < 1.29 is 32.6 Å². The first-order valence-electron chi connectivity index (χ1n) is 9.92. The van der Waals surface area contributed by atoms with Gasteiger partial charge in [-0.15, -0.1) is 11.8 Å². The van der Waals surface area contributed by atoms with E-state index in [1.165, 1.54) is 6.07 Å². The van der Waals surface area contributed by atoms with E-state index in [4.69, 9.17) is 4.74 Å². The Bertz CT molecular complexity index is 662. The molecule has 1 aromatic carbocycles. The molecule has 164 valence electrons. The Morgan fingerprint density at radius 2 is 1.79 bits per heavy atom. The van der Waals surface area contributed by atoms with Gasteiger partial charge in [0.15, 0.2) is 5.78 Å². The summed E-state index contributed by atoms with van der Waals surface area (Å²) in [5.74, 6) is -0.921. The number of aliphatic hydroxyl groups is 1. The summed E-state index contributed by atoms with van der Waals surface area (Å²) in [5, 5.41) is 9.93. The number of aliphatic hydroxyl groups excluding tert-OH is 1. The smallest absolute Gasteiger partial charge is 0.416 e. The average molecular weight is 435 g/mol. The van der Waals surface area contributed by atoms with E-state index in [-0.39, 0.29) is 35.0 Å². The summed E-state index contributed by atoms with van der Waals surface area (Å²) in [5.41, 5.74) is -1.12. The minimum atomic E-state index is -4.60. The standard InChI is InChI=1S/C21H29F3O4S/c1-3-5-6-7-8-9-18(25)19(26)10-11-29-17-13-15(20(27)28-4-2)12-16(14-17)21(22,23)24/h12-14,18,25H,3-11H2,1-2H3. The van der Waals surface area contributed by atoms with E-state index in [1.54, 1.807) is 6.92 Å². The number of carbonyl (C=O) groups excluding carboxylic acids is 2.